The average molecular weight is 673 g/mol. The third-order valence-corrected chi connectivity index (χ3v) is 7.64. The van der Waals surface area contributed by atoms with Crippen LogP contribution in [0.1, 0.15) is 49.4 Å². The van der Waals surface area contributed by atoms with Gasteiger partial charge in [0, 0.05) is 53.4 Å². The number of carbonyl (C=O) groups is 1. The number of rotatable bonds is 14. The standard InChI is InChI=1S/C32H32BrF2N3O6/c1-3-36(23-14-21(34)13-22(35)15-23)32(40)29-20-37(24-16-25(38(41)42)18-27(17-24)43-2)30-19-26(9-10-28(30)31(29)39)44-12-8-6-4-5-7-11-33/h9-10,13-20H,3-8,11-12H2,1-2H3. The number of hydrogen-bond acceptors (Lipinski definition) is 6. The van der Waals surface area contributed by atoms with Gasteiger partial charge in [0.1, 0.15) is 28.7 Å². The molecule has 0 saturated heterocycles. The summed E-state index contributed by atoms with van der Waals surface area (Å²) in [5.74, 6) is -1.88. The van der Waals surface area contributed by atoms with Crippen LogP contribution >= 0.6 is 15.9 Å². The molecule has 1 heterocycles. The lowest BCUT2D eigenvalue weighted by molar-refractivity contribution is -0.384. The van der Waals surface area contributed by atoms with Crippen molar-refractivity contribution < 1.29 is 28.0 Å². The summed E-state index contributed by atoms with van der Waals surface area (Å²) in [4.78, 5) is 39.8. The monoisotopic (exact) mass is 671 g/mol. The van der Waals surface area contributed by atoms with E-state index in [0.29, 0.717) is 23.9 Å². The van der Waals surface area contributed by atoms with E-state index >= 15 is 0 Å². The minimum absolute atomic E-state index is 0.00667. The second kappa shape index (κ2) is 14.9. The van der Waals surface area contributed by atoms with Crippen LogP contribution in [0.5, 0.6) is 11.5 Å². The number of aromatic nitrogens is 1. The molecule has 0 aliphatic heterocycles. The Hall–Kier alpha value is -4.32. The molecule has 1 aromatic heterocycles. The van der Waals surface area contributed by atoms with Crippen LogP contribution < -0.4 is 19.8 Å². The number of nitro benzene ring substituents is 1. The van der Waals surface area contributed by atoms with E-state index in [1.54, 1.807) is 19.1 Å². The molecule has 4 aromatic rings. The summed E-state index contributed by atoms with van der Waals surface area (Å²) in [6, 6.07) is 11.6. The van der Waals surface area contributed by atoms with Crippen LogP contribution in [0.25, 0.3) is 16.6 Å². The molecule has 0 fully saturated rings. The van der Waals surface area contributed by atoms with E-state index in [1.807, 2.05) is 0 Å². The molecule has 0 bridgehead atoms. The predicted molar refractivity (Wildman–Crippen MR) is 169 cm³/mol. The number of amides is 1. The molecule has 0 aliphatic rings. The lowest BCUT2D eigenvalue weighted by Gasteiger charge is -2.22. The van der Waals surface area contributed by atoms with E-state index in [2.05, 4.69) is 15.9 Å². The van der Waals surface area contributed by atoms with E-state index in [-0.39, 0.29) is 40.3 Å². The highest BCUT2D eigenvalue weighted by atomic mass is 79.9. The van der Waals surface area contributed by atoms with Crippen LogP contribution in [-0.2, 0) is 0 Å². The van der Waals surface area contributed by atoms with Gasteiger partial charge in [-0.05, 0) is 44.0 Å². The zero-order valence-electron chi connectivity index (χ0n) is 24.4. The number of benzene rings is 3. The smallest absolute Gasteiger partial charge is 0.275 e. The molecule has 0 unspecified atom stereocenters. The molecule has 3 aromatic carbocycles. The number of non-ortho nitro benzene ring substituents is 1. The van der Waals surface area contributed by atoms with Crippen molar-refractivity contribution in [1.82, 2.24) is 4.57 Å². The van der Waals surface area contributed by atoms with Gasteiger partial charge in [-0.2, -0.15) is 0 Å². The molecule has 0 spiro atoms. The first-order valence-corrected chi connectivity index (χ1v) is 15.3. The fourth-order valence-electron chi connectivity index (χ4n) is 4.89. The van der Waals surface area contributed by atoms with Crippen molar-refractivity contribution in [3.63, 3.8) is 0 Å². The Balaban J connectivity index is 1.83. The average Bonchev–Trinajstić information content (AvgIpc) is 3.00. The molecule has 0 radical (unpaired) electrons. The molecule has 44 heavy (non-hydrogen) atoms. The fraction of sp³-hybridized carbons (Fsp3) is 0.312. The fourth-order valence-corrected chi connectivity index (χ4v) is 5.29. The Labute approximate surface area is 261 Å². The summed E-state index contributed by atoms with van der Waals surface area (Å²) < 4.78 is 40.8. The Bertz CT molecular complexity index is 1710. The van der Waals surface area contributed by atoms with Crippen molar-refractivity contribution in [2.24, 2.45) is 0 Å². The SMILES string of the molecule is CCN(C(=O)c1cn(-c2cc(OC)cc([N+](=O)[O-])c2)c2cc(OCCCCCCCBr)ccc2c1=O)c1cc(F)cc(F)c1. The van der Waals surface area contributed by atoms with Crippen LogP contribution in [0, 0.1) is 21.7 Å². The summed E-state index contributed by atoms with van der Waals surface area (Å²) in [5.41, 5.74) is -0.660. The molecule has 0 N–H and O–H groups in total. The van der Waals surface area contributed by atoms with Gasteiger partial charge in [0.05, 0.1) is 35.9 Å². The van der Waals surface area contributed by atoms with Gasteiger partial charge < -0.3 is 18.9 Å². The van der Waals surface area contributed by atoms with Gasteiger partial charge in [0.25, 0.3) is 11.6 Å². The number of methoxy groups -OCH3 is 1. The molecule has 12 heteroatoms. The topological polar surface area (TPSA) is 104 Å². The van der Waals surface area contributed by atoms with E-state index in [1.165, 1.54) is 42.1 Å². The molecule has 0 saturated carbocycles. The van der Waals surface area contributed by atoms with Gasteiger partial charge in [-0.3, -0.25) is 19.7 Å². The van der Waals surface area contributed by atoms with Crippen LogP contribution in [0.3, 0.4) is 0 Å². The normalized spacial score (nSPS) is 11.0. The van der Waals surface area contributed by atoms with Gasteiger partial charge >= 0.3 is 0 Å². The van der Waals surface area contributed by atoms with E-state index in [9.17, 15) is 28.5 Å². The first-order chi connectivity index (χ1) is 21.2. The molecule has 0 atom stereocenters. The number of nitro groups is 1. The minimum atomic E-state index is -0.877. The number of ether oxygens (including phenoxy) is 2. The highest BCUT2D eigenvalue weighted by molar-refractivity contribution is 9.09. The maximum absolute atomic E-state index is 14.0. The number of nitrogens with zero attached hydrogens (tertiary/aromatic N) is 3. The van der Waals surface area contributed by atoms with Crippen LogP contribution in [-0.4, -0.2) is 41.0 Å². The predicted octanol–water partition coefficient (Wildman–Crippen LogP) is 7.58. The molecule has 232 valence electrons. The van der Waals surface area contributed by atoms with Crippen molar-refractivity contribution >= 4 is 44.1 Å². The summed E-state index contributed by atoms with van der Waals surface area (Å²) >= 11 is 3.43. The molecular formula is C32H32BrF2N3O6. The first kappa shape index (κ1) is 32.6. The Morgan fingerprint density at radius 2 is 1.68 bits per heavy atom. The van der Waals surface area contributed by atoms with Gasteiger partial charge in [0.2, 0.25) is 5.43 Å². The van der Waals surface area contributed by atoms with Crippen LogP contribution in [0.2, 0.25) is 0 Å². The summed E-state index contributed by atoms with van der Waals surface area (Å²) in [6.45, 7) is 2.07. The van der Waals surface area contributed by atoms with Crippen molar-refractivity contribution in [3.8, 4) is 17.2 Å². The van der Waals surface area contributed by atoms with E-state index in [0.717, 1.165) is 54.5 Å². The Kier molecular flexibility index (Phi) is 11.0. The number of halogens is 3. The molecule has 1 amide bonds. The molecular weight excluding hydrogens is 640 g/mol. The maximum atomic E-state index is 14.0. The molecule has 9 nitrogen and oxygen atoms in total. The minimum Gasteiger partial charge on any atom is -0.496 e. The number of unbranched alkanes of at least 4 members (excludes halogenated alkanes) is 4. The quantitative estimate of drug-likeness (QED) is 0.0593. The Morgan fingerprint density at radius 3 is 2.34 bits per heavy atom. The number of carbonyl (C=O) groups excluding carboxylic acids is 1. The summed E-state index contributed by atoms with van der Waals surface area (Å²) in [5, 5.41) is 12.8. The first-order valence-electron chi connectivity index (χ1n) is 14.2. The van der Waals surface area contributed by atoms with Crippen molar-refractivity contribution in [2.45, 2.75) is 39.0 Å². The van der Waals surface area contributed by atoms with Gasteiger partial charge in [-0.1, -0.05) is 35.2 Å². The number of fused-ring (bicyclic) bond motifs is 1. The second-order valence-electron chi connectivity index (χ2n) is 10.0. The van der Waals surface area contributed by atoms with Gasteiger partial charge in [-0.25, -0.2) is 8.78 Å². The van der Waals surface area contributed by atoms with Gasteiger partial charge in [-0.15, -0.1) is 0 Å². The highest BCUT2D eigenvalue weighted by Crippen LogP contribution is 2.29. The van der Waals surface area contributed by atoms with Crippen molar-refractivity contribution in [2.75, 3.05) is 30.5 Å². The van der Waals surface area contributed by atoms with Crippen molar-refractivity contribution in [3.05, 3.63) is 98.3 Å². The van der Waals surface area contributed by atoms with Gasteiger partial charge in [0.15, 0.2) is 0 Å². The number of anilines is 1. The third-order valence-electron chi connectivity index (χ3n) is 7.07. The summed E-state index contributed by atoms with van der Waals surface area (Å²) in [6.07, 6.45) is 6.46. The second-order valence-corrected chi connectivity index (χ2v) is 10.8. The van der Waals surface area contributed by atoms with Crippen LogP contribution in [0.4, 0.5) is 20.2 Å². The van der Waals surface area contributed by atoms with E-state index < -0.39 is 27.9 Å². The van der Waals surface area contributed by atoms with Crippen LogP contribution in [0.15, 0.2) is 65.6 Å². The zero-order chi connectivity index (χ0) is 31.8. The number of alkyl halides is 1. The highest BCUT2D eigenvalue weighted by Gasteiger charge is 2.24. The zero-order valence-corrected chi connectivity index (χ0v) is 25.9. The van der Waals surface area contributed by atoms with Crippen molar-refractivity contribution in [1.29, 1.82) is 0 Å². The largest absolute Gasteiger partial charge is 0.496 e. The summed E-state index contributed by atoms with van der Waals surface area (Å²) in [7, 11) is 1.37. The lowest BCUT2D eigenvalue weighted by atomic mass is 10.1. The number of pyridine rings is 1. The van der Waals surface area contributed by atoms with E-state index in [4.69, 9.17) is 9.47 Å². The molecule has 4 rings (SSSR count). The number of hydrogen-bond donors (Lipinski definition) is 0. The maximum Gasteiger partial charge on any atom is 0.275 e. The Morgan fingerprint density at radius 1 is 0.977 bits per heavy atom. The molecule has 0 aliphatic carbocycles. The lowest BCUT2D eigenvalue weighted by Crippen LogP contribution is -2.35. The third kappa shape index (κ3) is 7.60.